The summed E-state index contributed by atoms with van der Waals surface area (Å²) in [6, 6.07) is 9.27. The molecule has 4 heteroatoms. The molecule has 0 spiro atoms. The van der Waals surface area contributed by atoms with E-state index in [1.54, 1.807) is 0 Å². The van der Waals surface area contributed by atoms with Crippen LogP contribution in [0.3, 0.4) is 0 Å². The van der Waals surface area contributed by atoms with Gasteiger partial charge in [0.2, 0.25) is 0 Å². The maximum Gasteiger partial charge on any atom is 0.0589 e. The molecule has 1 fully saturated rings. The van der Waals surface area contributed by atoms with Gasteiger partial charge in [-0.15, -0.1) is 0 Å². The van der Waals surface area contributed by atoms with Crippen LogP contribution in [0.25, 0.3) is 0 Å². The van der Waals surface area contributed by atoms with E-state index >= 15 is 0 Å². The predicted molar refractivity (Wildman–Crippen MR) is 91.4 cm³/mol. The predicted octanol–water partition coefficient (Wildman–Crippen LogP) is 3.19. The molecule has 3 nitrogen and oxygen atoms in total. The maximum atomic E-state index is 9.57. The van der Waals surface area contributed by atoms with Crippen molar-refractivity contribution in [1.29, 1.82) is 0 Å². The van der Waals surface area contributed by atoms with Crippen LogP contribution in [0.15, 0.2) is 28.7 Å². The first-order chi connectivity index (χ1) is 10.2. The summed E-state index contributed by atoms with van der Waals surface area (Å²) in [4.78, 5) is 2.45. The molecular weight excluding hydrogens is 328 g/mol. The van der Waals surface area contributed by atoms with Gasteiger partial charge in [-0.1, -0.05) is 41.9 Å². The van der Waals surface area contributed by atoms with Gasteiger partial charge in [-0.05, 0) is 49.5 Å². The van der Waals surface area contributed by atoms with Crippen molar-refractivity contribution in [1.82, 2.24) is 10.2 Å². The number of hydrogen-bond donors (Lipinski definition) is 2. The Morgan fingerprint density at radius 1 is 1.48 bits per heavy atom. The van der Waals surface area contributed by atoms with Gasteiger partial charge >= 0.3 is 0 Å². The molecule has 0 radical (unpaired) electrons. The topological polar surface area (TPSA) is 35.5 Å². The van der Waals surface area contributed by atoms with Gasteiger partial charge in [-0.3, -0.25) is 4.90 Å². The van der Waals surface area contributed by atoms with Crippen molar-refractivity contribution in [2.75, 3.05) is 26.2 Å². The molecule has 1 saturated heterocycles. The Labute approximate surface area is 136 Å². The first-order valence-electron chi connectivity index (χ1n) is 7.99. The van der Waals surface area contributed by atoms with E-state index in [2.05, 4.69) is 64.3 Å². The van der Waals surface area contributed by atoms with Gasteiger partial charge in [0.1, 0.15) is 0 Å². The van der Waals surface area contributed by atoms with E-state index in [0.717, 1.165) is 30.5 Å². The van der Waals surface area contributed by atoms with Crippen LogP contribution in [0.2, 0.25) is 0 Å². The number of rotatable bonds is 7. The monoisotopic (exact) mass is 354 g/mol. The van der Waals surface area contributed by atoms with Crippen molar-refractivity contribution in [3.8, 4) is 0 Å². The summed E-state index contributed by atoms with van der Waals surface area (Å²) < 4.78 is 1.13. The third-order valence-corrected chi connectivity index (χ3v) is 5.08. The normalized spacial score (nSPS) is 24.4. The highest BCUT2D eigenvalue weighted by Crippen LogP contribution is 2.26. The largest absolute Gasteiger partial charge is 0.395 e. The van der Waals surface area contributed by atoms with Crippen molar-refractivity contribution in [3.63, 3.8) is 0 Å². The molecule has 1 aliphatic heterocycles. The first kappa shape index (κ1) is 16.9. The lowest BCUT2D eigenvalue weighted by Gasteiger charge is -2.27. The average Bonchev–Trinajstić information content (AvgIpc) is 2.83. The minimum absolute atomic E-state index is 0.282. The van der Waals surface area contributed by atoms with Crippen molar-refractivity contribution in [2.45, 2.75) is 38.8 Å². The maximum absolute atomic E-state index is 9.57. The van der Waals surface area contributed by atoms with E-state index < -0.39 is 0 Å². The number of aliphatic hydroxyl groups excluding tert-OH is 1. The van der Waals surface area contributed by atoms with Crippen molar-refractivity contribution < 1.29 is 5.11 Å². The van der Waals surface area contributed by atoms with Gasteiger partial charge in [0.05, 0.1) is 6.61 Å². The lowest BCUT2D eigenvalue weighted by Crippen LogP contribution is -2.37. The van der Waals surface area contributed by atoms with Crippen LogP contribution >= 0.6 is 15.9 Å². The third kappa shape index (κ3) is 4.52. The van der Waals surface area contributed by atoms with Crippen LogP contribution in [0.4, 0.5) is 0 Å². The quantitative estimate of drug-likeness (QED) is 0.789. The molecule has 0 aliphatic carbocycles. The summed E-state index contributed by atoms with van der Waals surface area (Å²) in [5.74, 6) is 0.610. The summed E-state index contributed by atoms with van der Waals surface area (Å²) in [5, 5.41) is 13.1. The number of nitrogens with one attached hydrogen (secondary N) is 1. The zero-order valence-corrected chi connectivity index (χ0v) is 14.6. The van der Waals surface area contributed by atoms with Gasteiger partial charge in [0.15, 0.2) is 0 Å². The molecule has 3 unspecified atom stereocenters. The fraction of sp³-hybridized carbons (Fsp3) is 0.647. The molecule has 0 aromatic heterocycles. The second kappa shape index (κ2) is 8.28. The van der Waals surface area contributed by atoms with Gasteiger partial charge in [0, 0.05) is 23.1 Å². The highest BCUT2D eigenvalue weighted by Gasteiger charge is 2.30. The molecule has 2 rings (SSSR count). The molecule has 0 bridgehead atoms. The molecule has 1 aromatic rings. The summed E-state index contributed by atoms with van der Waals surface area (Å²) in [6.07, 6.45) is 2.28. The number of likely N-dealkylation sites (tertiary alicyclic amines) is 1. The molecule has 118 valence electrons. The third-order valence-electron chi connectivity index (χ3n) is 4.59. The Bertz CT molecular complexity index is 441. The fourth-order valence-corrected chi connectivity index (χ4v) is 3.73. The summed E-state index contributed by atoms with van der Waals surface area (Å²) >= 11 is 3.56. The lowest BCUT2D eigenvalue weighted by atomic mass is 10.0. The molecule has 0 saturated carbocycles. The van der Waals surface area contributed by atoms with Crippen LogP contribution in [-0.4, -0.2) is 42.3 Å². The fourth-order valence-electron chi connectivity index (χ4n) is 3.31. The van der Waals surface area contributed by atoms with E-state index in [9.17, 15) is 5.11 Å². The molecule has 1 aliphatic rings. The van der Waals surface area contributed by atoms with Gasteiger partial charge < -0.3 is 10.4 Å². The average molecular weight is 355 g/mol. The number of aliphatic hydroxyl groups is 1. The molecule has 1 aromatic carbocycles. The van der Waals surface area contributed by atoms with Crippen molar-refractivity contribution in [3.05, 3.63) is 34.3 Å². The molecule has 21 heavy (non-hydrogen) atoms. The second-order valence-corrected chi connectivity index (χ2v) is 6.92. The van der Waals surface area contributed by atoms with Crippen LogP contribution in [-0.2, 0) is 0 Å². The summed E-state index contributed by atoms with van der Waals surface area (Å²) in [6.45, 7) is 7.81. The SMILES string of the molecule is CCNC(CCN1CCC(C)C1CO)c1cccc(Br)c1. The van der Waals surface area contributed by atoms with E-state index in [0.29, 0.717) is 18.0 Å². The number of halogens is 1. The lowest BCUT2D eigenvalue weighted by molar-refractivity contribution is 0.135. The molecule has 2 N–H and O–H groups in total. The molecule has 1 heterocycles. The Balaban J connectivity index is 1.97. The highest BCUT2D eigenvalue weighted by molar-refractivity contribution is 9.10. The number of benzene rings is 1. The minimum atomic E-state index is 0.282. The molecular formula is C17H27BrN2O. The van der Waals surface area contributed by atoms with Gasteiger partial charge in [0.25, 0.3) is 0 Å². The van der Waals surface area contributed by atoms with Gasteiger partial charge in [-0.25, -0.2) is 0 Å². The summed E-state index contributed by atoms with van der Waals surface area (Å²) in [7, 11) is 0. The van der Waals surface area contributed by atoms with Crippen LogP contribution in [0, 0.1) is 5.92 Å². The van der Waals surface area contributed by atoms with Crippen molar-refractivity contribution in [2.24, 2.45) is 5.92 Å². The second-order valence-electron chi connectivity index (χ2n) is 6.01. The van der Waals surface area contributed by atoms with Crippen LogP contribution in [0.1, 0.15) is 38.3 Å². The smallest absolute Gasteiger partial charge is 0.0589 e. The highest BCUT2D eigenvalue weighted by atomic mass is 79.9. The van der Waals surface area contributed by atoms with E-state index in [4.69, 9.17) is 0 Å². The van der Waals surface area contributed by atoms with E-state index in [1.165, 1.54) is 12.0 Å². The summed E-state index contributed by atoms with van der Waals surface area (Å²) in [5.41, 5.74) is 1.33. The standard InChI is InChI=1S/C17H27BrN2O/c1-3-19-16(14-5-4-6-15(18)11-14)8-10-20-9-7-13(2)17(20)12-21/h4-6,11,13,16-17,19,21H,3,7-10,12H2,1-2H3. The zero-order chi connectivity index (χ0) is 15.2. The van der Waals surface area contributed by atoms with Crippen LogP contribution in [0.5, 0.6) is 0 Å². The minimum Gasteiger partial charge on any atom is -0.395 e. The van der Waals surface area contributed by atoms with Crippen molar-refractivity contribution >= 4 is 15.9 Å². The number of hydrogen-bond acceptors (Lipinski definition) is 3. The Morgan fingerprint density at radius 2 is 2.29 bits per heavy atom. The molecule has 3 atom stereocenters. The zero-order valence-electron chi connectivity index (χ0n) is 13.1. The Hall–Kier alpha value is -0.420. The van der Waals surface area contributed by atoms with Gasteiger partial charge in [-0.2, -0.15) is 0 Å². The molecule has 0 amide bonds. The Kier molecular flexibility index (Phi) is 6.68. The first-order valence-corrected chi connectivity index (χ1v) is 8.78. The van der Waals surface area contributed by atoms with E-state index in [-0.39, 0.29) is 6.61 Å². The van der Waals surface area contributed by atoms with E-state index in [1.807, 2.05) is 0 Å². The van der Waals surface area contributed by atoms with Crippen LogP contribution < -0.4 is 5.32 Å². The number of nitrogens with zero attached hydrogens (tertiary/aromatic N) is 1. The Morgan fingerprint density at radius 3 is 2.95 bits per heavy atom.